The summed E-state index contributed by atoms with van der Waals surface area (Å²) in [6.45, 7) is 2.57. The number of rotatable bonds is 3. The van der Waals surface area contributed by atoms with E-state index in [1.54, 1.807) is 30.6 Å². The van der Waals surface area contributed by atoms with E-state index in [1.807, 2.05) is 6.92 Å². The van der Waals surface area contributed by atoms with Gasteiger partial charge in [-0.05, 0) is 13.0 Å². The molecule has 0 N–H and O–H groups in total. The molecular weight excluding hydrogens is 233 g/mol. The molecule has 0 saturated carbocycles. The Kier molecular flexibility index (Phi) is 3.28. The maximum Gasteiger partial charge on any atom is 0.328 e. The fraction of sp³-hybridized carbons (Fsp3) is 0.231. The average molecular weight is 245 g/mol. The van der Waals surface area contributed by atoms with Crippen LogP contribution in [0.1, 0.15) is 18.1 Å². The number of nitrogens with zero attached hydrogens (tertiary/aromatic N) is 3. The van der Waals surface area contributed by atoms with Crippen molar-refractivity contribution in [2.45, 2.75) is 20.0 Å². The number of halogens is 1. The number of nitriles is 1. The van der Waals surface area contributed by atoms with Gasteiger partial charge in [-0.25, -0.2) is 9.18 Å². The molecule has 18 heavy (non-hydrogen) atoms. The second kappa shape index (κ2) is 4.88. The lowest BCUT2D eigenvalue weighted by atomic mass is 10.1. The van der Waals surface area contributed by atoms with Gasteiger partial charge in [-0.1, -0.05) is 12.1 Å². The average Bonchev–Trinajstić information content (AvgIpc) is 2.73. The molecule has 1 aromatic heterocycles. The Bertz CT molecular complexity index is 664. The highest BCUT2D eigenvalue weighted by Crippen LogP contribution is 2.12. The van der Waals surface area contributed by atoms with Crippen molar-refractivity contribution in [2.75, 3.05) is 0 Å². The number of imidazole rings is 1. The van der Waals surface area contributed by atoms with Crippen molar-refractivity contribution in [3.63, 3.8) is 0 Å². The van der Waals surface area contributed by atoms with Crippen molar-refractivity contribution in [3.8, 4) is 6.07 Å². The molecule has 0 fully saturated rings. The van der Waals surface area contributed by atoms with Crippen LogP contribution in [0.2, 0.25) is 0 Å². The van der Waals surface area contributed by atoms with Gasteiger partial charge in [-0.2, -0.15) is 5.26 Å². The van der Waals surface area contributed by atoms with E-state index in [2.05, 4.69) is 0 Å². The zero-order valence-corrected chi connectivity index (χ0v) is 9.93. The van der Waals surface area contributed by atoms with Gasteiger partial charge in [-0.15, -0.1) is 0 Å². The predicted octanol–water partition coefficient (Wildman–Crippen LogP) is 1.73. The van der Waals surface area contributed by atoms with Crippen LogP contribution in [0.5, 0.6) is 0 Å². The summed E-state index contributed by atoms with van der Waals surface area (Å²) < 4.78 is 16.8. The van der Waals surface area contributed by atoms with Crippen molar-refractivity contribution in [1.29, 1.82) is 5.26 Å². The van der Waals surface area contributed by atoms with Gasteiger partial charge in [0, 0.05) is 24.5 Å². The first-order chi connectivity index (χ1) is 8.67. The molecule has 92 valence electrons. The molecule has 0 atom stereocenters. The number of hydrogen-bond donors (Lipinski definition) is 0. The van der Waals surface area contributed by atoms with Crippen molar-refractivity contribution in [2.24, 2.45) is 0 Å². The molecule has 2 rings (SSSR count). The Morgan fingerprint density at radius 2 is 2.06 bits per heavy atom. The minimum absolute atomic E-state index is 0.00419. The summed E-state index contributed by atoms with van der Waals surface area (Å²) in [4.78, 5) is 11.8. The minimum Gasteiger partial charge on any atom is -0.300 e. The van der Waals surface area contributed by atoms with Crippen LogP contribution < -0.4 is 5.69 Å². The normalized spacial score (nSPS) is 10.3. The Morgan fingerprint density at radius 1 is 1.33 bits per heavy atom. The quantitative estimate of drug-likeness (QED) is 0.826. The van der Waals surface area contributed by atoms with Crippen LogP contribution in [0.25, 0.3) is 0 Å². The number of aromatic nitrogens is 2. The highest BCUT2D eigenvalue weighted by molar-refractivity contribution is 5.35. The lowest BCUT2D eigenvalue weighted by Gasteiger charge is -2.04. The molecule has 0 saturated heterocycles. The van der Waals surface area contributed by atoms with E-state index in [1.165, 1.54) is 15.2 Å². The number of benzene rings is 1. The van der Waals surface area contributed by atoms with Gasteiger partial charge >= 0.3 is 5.69 Å². The van der Waals surface area contributed by atoms with Gasteiger partial charge in [0.15, 0.2) is 0 Å². The molecule has 0 aliphatic rings. The fourth-order valence-corrected chi connectivity index (χ4v) is 1.79. The molecule has 0 bridgehead atoms. The summed E-state index contributed by atoms with van der Waals surface area (Å²) in [6.07, 6.45) is 3.28. The standard InChI is InChI=1S/C13H12FN3O/c1-2-16-6-7-17(13(16)18)9-11-5-3-4-10(8-15)12(11)14/h3-7H,2,9H2,1H3. The van der Waals surface area contributed by atoms with Crippen LogP contribution in [-0.4, -0.2) is 9.13 Å². The van der Waals surface area contributed by atoms with Crippen molar-refractivity contribution < 1.29 is 4.39 Å². The first-order valence-corrected chi connectivity index (χ1v) is 5.60. The van der Waals surface area contributed by atoms with E-state index >= 15 is 0 Å². The van der Waals surface area contributed by atoms with Crippen LogP contribution in [0.4, 0.5) is 4.39 Å². The van der Waals surface area contributed by atoms with Gasteiger partial charge in [-0.3, -0.25) is 9.13 Å². The third-order valence-electron chi connectivity index (χ3n) is 2.80. The molecule has 0 aliphatic heterocycles. The summed E-state index contributed by atoms with van der Waals surface area (Å²) in [5.74, 6) is -0.559. The van der Waals surface area contributed by atoms with E-state index in [0.29, 0.717) is 12.1 Å². The molecule has 0 unspecified atom stereocenters. The monoisotopic (exact) mass is 245 g/mol. The molecule has 0 spiro atoms. The molecule has 4 nitrogen and oxygen atoms in total. The van der Waals surface area contributed by atoms with E-state index in [0.717, 1.165) is 0 Å². The largest absolute Gasteiger partial charge is 0.328 e. The Morgan fingerprint density at radius 3 is 2.67 bits per heavy atom. The first kappa shape index (κ1) is 12.1. The maximum absolute atomic E-state index is 13.8. The predicted molar refractivity (Wildman–Crippen MR) is 64.6 cm³/mol. The van der Waals surface area contributed by atoms with Crippen molar-refractivity contribution in [1.82, 2.24) is 9.13 Å². The molecule has 1 aromatic carbocycles. The summed E-state index contributed by atoms with van der Waals surface area (Å²) in [5, 5.41) is 8.74. The van der Waals surface area contributed by atoms with Gasteiger partial charge in [0.05, 0.1) is 12.1 Å². The fourth-order valence-electron chi connectivity index (χ4n) is 1.79. The number of hydrogen-bond acceptors (Lipinski definition) is 2. The summed E-state index contributed by atoms with van der Waals surface area (Å²) in [6, 6.07) is 6.39. The third kappa shape index (κ3) is 2.05. The van der Waals surface area contributed by atoms with Crippen LogP contribution in [0.3, 0.4) is 0 Å². The smallest absolute Gasteiger partial charge is 0.300 e. The second-order valence-corrected chi connectivity index (χ2v) is 3.89. The van der Waals surface area contributed by atoms with Crippen LogP contribution in [0, 0.1) is 17.1 Å². The highest BCUT2D eigenvalue weighted by Gasteiger charge is 2.09. The Balaban J connectivity index is 2.38. The van der Waals surface area contributed by atoms with E-state index in [9.17, 15) is 9.18 Å². The maximum atomic E-state index is 13.8. The van der Waals surface area contributed by atoms with E-state index < -0.39 is 5.82 Å². The van der Waals surface area contributed by atoms with Crippen LogP contribution in [0.15, 0.2) is 35.4 Å². The van der Waals surface area contributed by atoms with Gasteiger partial charge in [0.25, 0.3) is 0 Å². The van der Waals surface area contributed by atoms with E-state index in [4.69, 9.17) is 5.26 Å². The molecular formula is C13H12FN3O. The minimum atomic E-state index is -0.559. The zero-order chi connectivity index (χ0) is 13.1. The van der Waals surface area contributed by atoms with Crippen LogP contribution in [-0.2, 0) is 13.1 Å². The first-order valence-electron chi connectivity index (χ1n) is 5.60. The summed E-state index contributed by atoms with van der Waals surface area (Å²) >= 11 is 0. The van der Waals surface area contributed by atoms with Gasteiger partial charge < -0.3 is 0 Å². The molecule has 0 amide bonds. The third-order valence-corrected chi connectivity index (χ3v) is 2.80. The Hall–Kier alpha value is -2.35. The van der Waals surface area contributed by atoms with Crippen LogP contribution >= 0.6 is 0 Å². The van der Waals surface area contributed by atoms with E-state index in [-0.39, 0.29) is 17.8 Å². The summed E-state index contributed by atoms with van der Waals surface area (Å²) in [5.41, 5.74) is 0.153. The molecule has 0 radical (unpaired) electrons. The lowest BCUT2D eigenvalue weighted by Crippen LogP contribution is -2.24. The Labute approximate surface area is 104 Å². The van der Waals surface area contributed by atoms with Gasteiger partial charge in [0.1, 0.15) is 11.9 Å². The molecule has 1 heterocycles. The molecule has 5 heteroatoms. The second-order valence-electron chi connectivity index (χ2n) is 3.89. The summed E-state index contributed by atoms with van der Waals surface area (Å²) in [7, 11) is 0. The topological polar surface area (TPSA) is 50.7 Å². The van der Waals surface area contributed by atoms with Gasteiger partial charge in [0.2, 0.25) is 0 Å². The molecule has 2 aromatic rings. The highest BCUT2D eigenvalue weighted by atomic mass is 19.1. The molecule has 0 aliphatic carbocycles. The number of aryl methyl sites for hydroxylation is 1. The van der Waals surface area contributed by atoms with Crippen molar-refractivity contribution >= 4 is 0 Å². The van der Waals surface area contributed by atoms with Crippen molar-refractivity contribution in [3.05, 3.63) is 58.0 Å². The zero-order valence-electron chi connectivity index (χ0n) is 9.93. The SMILES string of the molecule is CCn1ccn(Cc2cccc(C#N)c2F)c1=O. The lowest BCUT2D eigenvalue weighted by molar-refractivity contribution is 0.588.